The zero-order valence-electron chi connectivity index (χ0n) is 9.98. The molecule has 0 spiro atoms. The van der Waals surface area contributed by atoms with E-state index in [4.69, 9.17) is 15.2 Å². The Balaban J connectivity index is 1.94. The van der Waals surface area contributed by atoms with Crippen LogP contribution in [0, 0.1) is 0 Å². The van der Waals surface area contributed by atoms with Gasteiger partial charge < -0.3 is 20.5 Å². The molecule has 1 aromatic heterocycles. The van der Waals surface area contributed by atoms with Gasteiger partial charge in [0.25, 0.3) is 0 Å². The molecule has 1 aromatic rings. The topological polar surface area (TPSA) is 82.3 Å². The largest absolute Gasteiger partial charge is 0.475 e. The number of nitrogens with one attached hydrogen (secondary N) is 1. The van der Waals surface area contributed by atoms with Gasteiger partial charge in [0.05, 0.1) is 6.10 Å². The van der Waals surface area contributed by atoms with E-state index in [1.165, 1.54) is 0 Å². The fourth-order valence-corrected chi connectivity index (χ4v) is 1.74. The standard InChI is InChI=1S/C11H18N4O2/c1-2-13-9-6-10(15-11(12)14-9)17-7-8-4-3-5-16-8/h6,8H,2-5,7H2,1H3,(H3,12,13,14,15). The van der Waals surface area contributed by atoms with Gasteiger partial charge in [0.2, 0.25) is 11.8 Å². The lowest BCUT2D eigenvalue weighted by atomic mass is 10.2. The molecular weight excluding hydrogens is 220 g/mol. The molecule has 0 bridgehead atoms. The van der Waals surface area contributed by atoms with Crippen molar-refractivity contribution in [3.8, 4) is 5.88 Å². The van der Waals surface area contributed by atoms with Gasteiger partial charge in [-0.15, -0.1) is 0 Å². The van der Waals surface area contributed by atoms with Crippen molar-refractivity contribution >= 4 is 11.8 Å². The minimum Gasteiger partial charge on any atom is -0.475 e. The number of ether oxygens (including phenoxy) is 2. The smallest absolute Gasteiger partial charge is 0.225 e. The number of nitrogens with two attached hydrogens (primary N) is 1. The normalized spacial score (nSPS) is 19.2. The van der Waals surface area contributed by atoms with Gasteiger partial charge in [0, 0.05) is 19.2 Å². The van der Waals surface area contributed by atoms with Crippen LogP contribution < -0.4 is 15.8 Å². The van der Waals surface area contributed by atoms with Crippen molar-refractivity contribution in [2.45, 2.75) is 25.9 Å². The van der Waals surface area contributed by atoms with Crippen molar-refractivity contribution in [2.75, 3.05) is 30.8 Å². The molecule has 3 N–H and O–H groups in total. The molecule has 1 aliphatic rings. The van der Waals surface area contributed by atoms with Gasteiger partial charge >= 0.3 is 0 Å². The van der Waals surface area contributed by atoms with Crippen LogP contribution in [0.3, 0.4) is 0 Å². The first-order chi connectivity index (χ1) is 8.28. The van der Waals surface area contributed by atoms with Crippen molar-refractivity contribution in [3.05, 3.63) is 6.07 Å². The highest BCUT2D eigenvalue weighted by Gasteiger charge is 2.16. The van der Waals surface area contributed by atoms with Crippen LogP contribution in [-0.4, -0.2) is 35.8 Å². The third-order valence-corrected chi connectivity index (χ3v) is 2.52. The molecule has 17 heavy (non-hydrogen) atoms. The molecule has 1 atom stereocenters. The highest BCUT2D eigenvalue weighted by atomic mass is 16.5. The van der Waals surface area contributed by atoms with E-state index in [0.717, 1.165) is 26.0 Å². The van der Waals surface area contributed by atoms with Crippen molar-refractivity contribution < 1.29 is 9.47 Å². The molecular formula is C11H18N4O2. The molecule has 1 saturated heterocycles. The van der Waals surface area contributed by atoms with Crippen LogP contribution in [0.1, 0.15) is 19.8 Å². The number of hydrogen-bond acceptors (Lipinski definition) is 6. The third-order valence-electron chi connectivity index (χ3n) is 2.52. The predicted molar refractivity (Wildman–Crippen MR) is 65.1 cm³/mol. The van der Waals surface area contributed by atoms with Gasteiger partial charge in [-0.1, -0.05) is 0 Å². The van der Waals surface area contributed by atoms with E-state index in [2.05, 4.69) is 15.3 Å². The Morgan fingerprint density at radius 1 is 1.59 bits per heavy atom. The first-order valence-corrected chi connectivity index (χ1v) is 5.90. The lowest BCUT2D eigenvalue weighted by Crippen LogP contribution is -2.17. The summed E-state index contributed by atoms with van der Waals surface area (Å²) in [6.45, 7) is 4.11. The highest BCUT2D eigenvalue weighted by molar-refractivity contribution is 5.42. The first kappa shape index (κ1) is 11.9. The summed E-state index contributed by atoms with van der Waals surface area (Å²) in [7, 11) is 0. The van der Waals surface area contributed by atoms with Gasteiger partial charge in [0.1, 0.15) is 12.4 Å². The van der Waals surface area contributed by atoms with Crippen molar-refractivity contribution in [2.24, 2.45) is 0 Å². The SMILES string of the molecule is CCNc1cc(OCC2CCCO2)nc(N)n1. The number of rotatable bonds is 5. The second-order valence-electron chi connectivity index (χ2n) is 3.93. The van der Waals surface area contributed by atoms with E-state index in [1.807, 2.05) is 6.92 Å². The molecule has 94 valence electrons. The molecule has 1 fully saturated rings. The van der Waals surface area contributed by atoms with Gasteiger partial charge in [-0.05, 0) is 19.8 Å². The van der Waals surface area contributed by atoms with Gasteiger partial charge in [-0.25, -0.2) is 0 Å². The monoisotopic (exact) mass is 238 g/mol. The quantitative estimate of drug-likeness (QED) is 0.797. The van der Waals surface area contributed by atoms with E-state index in [-0.39, 0.29) is 12.1 Å². The summed E-state index contributed by atoms with van der Waals surface area (Å²) >= 11 is 0. The number of hydrogen-bond donors (Lipinski definition) is 2. The van der Waals surface area contributed by atoms with E-state index in [9.17, 15) is 0 Å². The average molecular weight is 238 g/mol. The second-order valence-corrected chi connectivity index (χ2v) is 3.93. The maximum absolute atomic E-state index is 5.60. The summed E-state index contributed by atoms with van der Waals surface area (Å²) in [5.74, 6) is 1.39. The Kier molecular flexibility index (Phi) is 3.98. The van der Waals surface area contributed by atoms with E-state index >= 15 is 0 Å². The number of aromatic nitrogens is 2. The maximum atomic E-state index is 5.60. The van der Waals surface area contributed by atoms with Crippen LogP contribution >= 0.6 is 0 Å². The van der Waals surface area contributed by atoms with E-state index < -0.39 is 0 Å². The molecule has 0 amide bonds. The zero-order chi connectivity index (χ0) is 12.1. The number of nitrogen functional groups attached to an aromatic ring is 1. The summed E-state index contributed by atoms with van der Waals surface area (Å²) in [6.07, 6.45) is 2.32. The van der Waals surface area contributed by atoms with Crippen molar-refractivity contribution in [1.82, 2.24) is 9.97 Å². The molecule has 6 nitrogen and oxygen atoms in total. The zero-order valence-corrected chi connectivity index (χ0v) is 9.98. The van der Waals surface area contributed by atoms with Crippen molar-refractivity contribution in [3.63, 3.8) is 0 Å². The summed E-state index contributed by atoms with van der Waals surface area (Å²) < 4.78 is 11.0. The van der Waals surface area contributed by atoms with Crippen LogP contribution in [-0.2, 0) is 4.74 Å². The predicted octanol–water partition coefficient (Wildman–Crippen LogP) is 1.05. The third kappa shape index (κ3) is 3.45. The number of nitrogens with zero attached hydrogens (tertiary/aromatic N) is 2. The Morgan fingerprint density at radius 2 is 2.47 bits per heavy atom. The fourth-order valence-electron chi connectivity index (χ4n) is 1.74. The molecule has 0 radical (unpaired) electrons. The molecule has 6 heteroatoms. The van der Waals surface area contributed by atoms with E-state index in [0.29, 0.717) is 18.3 Å². The Hall–Kier alpha value is -1.56. The Bertz CT molecular complexity index is 366. The van der Waals surface area contributed by atoms with Crippen LogP contribution in [0.5, 0.6) is 5.88 Å². The Labute approximate surface area is 101 Å². The summed E-state index contributed by atoms with van der Waals surface area (Å²) in [5, 5.41) is 3.07. The summed E-state index contributed by atoms with van der Waals surface area (Å²) in [6, 6.07) is 1.74. The van der Waals surface area contributed by atoms with Crippen molar-refractivity contribution in [1.29, 1.82) is 0 Å². The van der Waals surface area contributed by atoms with Gasteiger partial charge in [0.15, 0.2) is 0 Å². The summed E-state index contributed by atoms with van der Waals surface area (Å²) in [5.41, 5.74) is 5.60. The summed E-state index contributed by atoms with van der Waals surface area (Å²) in [4.78, 5) is 8.07. The maximum Gasteiger partial charge on any atom is 0.225 e. The minimum atomic E-state index is 0.175. The molecule has 0 aliphatic carbocycles. The lowest BCUT2D eigenvalue weighted by Gasteiger charge is -2.11. The molecule has 2 heterocycles. The lowest BCUT2D eigenvalue weighted by molar-refractivity contribution is 0.0664. The molecule has 0 saturated carbocycles. The second kappa shape index (κ2) is 5.67. The first-order valence-electron chi connectivity index (χ1n) is 5.90. The van der Waals surface area contributed by atoms with E-state index in [1.54, 1.807) is 6.07 Å². The van der Waals surface area contributed by atoms with Crippen LogP contribution in [0.15, 0.2) is 6.07 Å². The highest BCUT2D eigenvalue weighted by Crippen LogP contribution is 2.17. The molecule has 2 rings (SSSR count). The Morgan fingerprint density at radius 3 is 3.18 bits per heavy atom. The average Bonchev–Trinajstić information content (AvgIpc) is 2.79. The fraction of sp³-hybridized carbons (Fsp3) is 0.636. The van der Waals surface area contributed by atoms with Crippen LogP contribution in [0.25, 0.3) is 0 Å². The molecule has 1 unspecified atom stereocenters. The minimum absolute atomic E-state index is 0.175. The molecule has 0 aromatic carbocycles. The number of anilines is 2. The molecule has 1 aliphatic heterocycles. The van der Waals surface area contributed by atoms with Gasteiger partial charge in [-0.2, -0.15) is 9.97 Å². The van der Waals surface area contributed by atoms with Gasteiger partial charge in [-0.3, -0.25) is 0 Å². The van der Waals surface area contributed by atoms with Crippen LogP contribution in [0.2, 0.25) is 0 Å². The van der Waals surface area contributed by atoms with Crippen LogP contribution in [0.4, 0.5) is 11.8 Å².